The monoisotopic (exact) mass is 271 g/mol. The first-order chi connectivity index (χ1) is 6.74. The minimum Gasteiger partial charge on any atom is -0.396 e. The van der Waals surface area contributed by atoms with Gasteiger partial charge in [0.05, 0.1) is 13.2 Å². The Balaban J connectivity index is 0.000000364. The van der Waals surface area contributed by atoms with Gasteiger partial charge >= 0.3 is 0 Å². The van der Waals surface area contributed by atoms with Crippen molar-refractivity contribution in [3.63, 3.8) is 0 Å². The fourth-order valence-corrected chi connectivity index (χ4v) is 1.34. The highest BCUT2D eigenvalue weighted by Crippen LogP contribution is 2.11. The van der Waals surface area contributed by atoms with Crippen molar-refractivity contribution in [3.05, 3.63) is 0 Å². The first kappa shape index (κ1) is 14.3. The Bertz CT molecular complexity index is 125. The third kappa shape index (κ3) is 7.67. The van der Waals surface area contributed by atoms with E-state index in [1.165, 1.54) is 0 Å². The van der Waals surface area contributed by atoms with Crippen molar-refractivity contribution in [2.75, 3.05) is 38.2 Å². The maximum atomic E-state index is 12.6. The van der Waals surface area contributed by atoms with E-state index < -0.39 is 6.17 Å². The van der Waals surface area contributed by atoms with E-state index in [1.54, 1.807) is 0 Å². The Labute approximate surface area is 93.0 Å². The summed E-state index contributed by atoms with van der Waals surface area (Å²) < 4.78 is 12.6. The molecule has 86 valence electrons. The molecule has 2 N–H and O–H groups in total. The van der Waals surface area contributed by atoms with Crippen molar-refractivity contribution in [2.24, 2.45) is 0 Å². The van der Waals surface area contributed by atoms with Crippen LogP contribution in [-0.2, 0) is 0 Å². The zero-order chi connectivity index (χ0) is 10.8. The number of aliphatic hydroxyl groups excluding tert-OH is 2. The molecule has 0 aliphatic carbocycles. The van der Waals surface area contributed by atoms with Crippen LogP contribution < -0.4 is 0 Å². The number of hydrogen-bond donors (Lipinski definition) is 2. The first-order valence-corrected chi connectivity index (χ1v) is 6.00. The summed E-state index contributed by atoms with van der Waals surface area (Å²) in [5.74, 6) is 0. The Hall–Kier alpha value is 0.290. The van der Waals surface area contributed by atoms with E-state index >= 15 is 0 Å². The van der Waals surface area contributed by atoms with Gasteiger partial charge in [-0.15, -0.1) is 0 Å². The zero-order valence-corrected chi connectivity index (χ0v) is 9.92. The van der Waals surface area contributed by atoms with Gasteiger partial charge in [-0.2, -0.15) is 0 Å². The van der Waals surface area contributed by atoms with Gasteiger partial charge in [-0.1, -0.05) is 15.9 Å². The van der Waals surface area contributed by atoms with E-state index in [0.717, 1.165) is 13.0 Å². The number of likely N-dealkylation sites (tertiary alicyclic amines) is 1. The summed E-state index contributed by atoms with van der Waals surface area (Å²) in [6, 6.07) is 0. The molecule has 1 fully saturated rings. The average molecular weight is 272 g/mol. The second-order valence-corrected chi connectivity index (χ2v) is 3.97. The molecule has 0 aromatic rings. The van der Waals surface area contributed by atoms with Gasteiger partial charge in [-0.05, 0) is 19.4 Å². The van der Waals surface area contributed by atoms with Crippen molar-refractivity contribution < 1.29 is 14.6 Å². The predicted octanol–water partition coefficient (Wildman–Crippen LogP) is 0.786. The van der Waals surface area contributed by atoms with Gasteiger partial charge in [0.15, 0.2) is 0 Å². The quantitative estimate of drug-likeness (QED) is 0.746. The van der Waals surface area contributed by atoms with Gasteiger partial charge in [0.1, 0.15) is 6.17 Å². The Kier molecular flexibility index (Phi) is 10.0. The first-order valence-electron chi connectivity index (χ1n) is 4.88. The molecule has 1 unspecified atom stereocenters. The minimum absolute atomic E-state index is 0.146. The molecule has 0 saturated carbocycles. The second kappa shape index (κ2) is 9.83. The topological polar surface area (TPSA) is 43.7 Å². The SMILES string of the molecule is OCCBr.OCCN1CCCC(F)C1. The van der Waals surface area contributed by atoms with Gasteiger partial charge in [0.2, 0.25) is 0 Å². The molecule has 14 heavy (non-hydrogen) atoms. The number of aliphatic hydroxyl groups is 2. The lowest BCUT2D eigenvalue weighted by molar-refractivity contribution is 0.116. The van der Waals surface area contributed by atoms with E-state index in [9.17, 15) is 4.39 Å². The molecule has 0 aromatic heterocycles. The van der Waals surface area contributed by atoms with Crippen molar-refractivity contribution in [3.8, 4) is 0 Å². The summed E-state index contributed by atoms with van der Waals surface area (Å²) in [5.41, 5.74) is 0. The molecule has 1 aliphatic heterocycles. The molecule has 0 bridgehead atoms. The highest BCUT2D eigenvalue weighted by atomic mass is 79.9. The molecule has 1 atom stereocenters. The van der Waals surface area contributed by atoms with Crippen LogP contribution in [0.4, 0.5) is 4.39 Å². The number of halogens is 2. The zero-order valence-electron chi connectivity index (χ0n) is 8.33. The predicted molar refractivity (Wildman–Crippen MR) is 58.5 cm³/mol. The number of piperidine rings is 1. The molecule has 1 rings (SSSR count). The van der Waals surface area contributed by atoms with Crippen molar-refractivity contribution >= 4 is 15.9 Å². The Morgan fingerprint density at radius 2 is 2.00 bits per heavy atom. The van der Waals surface area contributed by atoms with Gasteiger partial charge in [0.25, 0.3) is 0 Å². The summed E-state index contributed by atoms with van der Waals surface area (Å²) >= 11 is 3.00. The van der Waals surface area contributed by atoms with E-state index in [1.807, 2.05) is 4.90 Å². The van der Waals surface area contributed by atoms with Crippen LogP contribution in [0.25, 0.3) is 0 Å². The molecule has 0 radical (unpaired) electrons. The van der Waals surface area contributed by atoms with Crippen LogP contribution in [-0.4, -0.2) is 59.5 Å². The third-order valence-electron chi connectivity index (χ3n) is 1.95. The van der Waals surface area contributed by atoms with Crippen LogP contribution in [0.15, 0.2) is 0 Å². The van der Waals surface area contributed by atoms with Gasteiger partial charge in [-0.3, -0.25) is 4.90 Å². The molecule has 0 amide bonds. The van der Waals surface area contributed by atoms with Crippen LogP contribution >= 0.6 is 15.9 Å². The molecular weight excluding hydrogens is 253 g/mol. The lowest BCUT2D eigenvalue weighted by Crippen LogP contribution is -2.37. The minimum atomic E-state index is -0.666. The molecule has 0 spiro atoms. The van der Waals surface area contributed by atoms with Crippen LogP contribution in [0.5, 0.6) is 0 Å². The summed E-state index contributed by atoms with van der Waals surface area (Å²) in [7, 11) is 0. The summed E-state index contributed by atoms with van der Waals surface area (Å²) in [5, 5.41) is 17.1. The van der Waals surface area contributed by atoms with Crippen molar-refractivity contribution in [1.82, 2.24) is 4.90 Å². The van der Waals surface area contributed by atoms with E-state index in [2.05, 4.69) is 15.9 Å². The fraction of sp³-hybridized carbons (Fsp3) is 1.00. The standard InChI is InChI=1S/C7H14FNO.C2H5BrO/c8-7-2-1-3-9(6-7)4-5-10;3-1-2-4/h7,10H,1-6H2;4H,1-2H2. The summed E-state index contributed by atoms with van der Waals surface area (Å²) in [4.78, 5) is 1.97. The van der Waals surface area contributed by atoms with E-state index in [-0.39, 0.29) is 13.2 Å². The Morgan fingerprint density at radius 1 is 1.36 bits per heavy atom. The highest BCUT2D eigenvalue weighted by molar-refractivity contribution is 9.09. The molecular formula is C9H19BrFNO2. The molecule has 1 heterocycles. The number of nitrogens with zero attached hydrogens (tertiary/aromatic N) is 1. The smallest absolute Gasteiger partial charge is 0.113 e. The molecule has 1 aliphatic rings. The van der Waals surface area contributed by atoms with Crippen molar-refractivity contribution in [1.29, 1.82) is 0 Å². The second-order valence-electron chi connectivity index (χ2n) is 3.18. The third-order valence-corrected chi connectivity index (χ3v) is 2.30. The van der Waals surface area contributed by atoms with Crippen LogP contribution in [0.1, 0.15) is 12.8 Å². The van der Waals surface area contributed by atoms with Crippen LogP contribution in [0, 0.1) is 0 Å². The molecule has 3 nitrogen and oxygen atoms in total. The fourth-order valence-electron chi connectivity index (χ4n) is 1.34. The largest absolute Gasteiger partial charge is 0.396 e. The number of β-amino-alcohol motifs (C(OH)–C–C–N with tert-alkyl or cyclic N) is 1. The van der Waals surface area contributed by atoms with Crippen molar-refractivity contribution in [2.45, 2.75) is 19.0 Å². The average Bonchev–Trinajstić information content (AvgIpc) is 2.19. The number of hydrogen-bond acceptors (Lipinski definition) is 3. The maximum Gasteiger partial charge on any atom is 0.113 e. The maximum absolute atomic E-state index is 12.6. The van der Waals surface area contributed by atoms with Gasteiger partial charge in [0, 0.05) is 18.4 Å². The molecule has 5 heteroatoms. The normalized spacial score (nSPS) is 22.7. The van der Waals surface area contributed by atoms with Crippen LogP contribution in [0.3, 0.4) is 0 Å². The Morgan fingerprint density at radius 3 is 2.43 bits per heavy atom. The van der Waals surface area contributed by atoms with Crippen LogP contribution in [0.2, 0.25) is 0 Å². The van der Waals surface area contributed by atoms with E-state index in [0.29, 0.717) is 24.8 Å². The van der Waals surface area contributed by atoms with Gasteiger partial charge in [-0.25, -0.2) is 4.39 Å². The van der Waals surface area contributed by atoms with E-state index in [4.69, 9.17) is 10.2 Å². The number of rotatable bonds is 3. The lowest BCUT2D eigenvalue weighted by Gasteiger charge is -2.27. The number of alkyl halides is 2. The molecule has 0 aromatic carbocycles. The van der Waals surface area contributed by atoms with Gasteiger partial charge < -0.3 is 10.2 Å². The lowest BCUT2D eigenvalue weighted by atomic mass is 10.1. The summed E-state index contributed by atoms with van der Waals surface area (Å²) in [6.45, 7) is 2.47. The molecule has 1 saturated heterocycles. The highest BCUT2D eigenvalue weighted by Gasteiger charge is 2.17. The summed E-state index contributed by atoms with van der Waals surface area (Å²) in [6.07, 6.45) is 0.962.